The predicted octanol–water partition coefficient (Wildman–Crippen LogP) is 2.92. The van der Waals surface area contributed by atoms with Gasteiger partial charge in [0, 0.05) is 24.2 Å². The van der Waals surface area contributed by atoms with Crippen LogP contribution in [0.1, 0.15) is 43.0 Å². The van der Waals surface area contributed by atoms with E-state index in [0.717, 1.165) is 18.7 Å². The minimum Gasteiger partial charge on any atom is -0.371 e. The third-order valence-electron chi connectivity index (χ3n) is 4.10. The Labute approximate surface area is 134 Å². The topological polar surface area (TPSA) is 56.2 Å². The molecule has 0 aliphatic carbocycles. The number of carbonyl (C=O) groups is 1. The van der Waals surface area contributed by atoms with Gasteiger partial charge in [-0.25, -0.2) is 0 Å². The summed E-state index contributed by atoms with van der Waals surface area (Å²) in [4.78, 5) is 13.8. The van der Waals surface area contributed by atoms with Gasteiger partial charge in [-0.1, -0.05) is 6.07 Å². The third kappa shape index (κ3) is 2.94. The molecule has 3 atom stereocenters. The van der Waals surface area contributed by atoms with Crippen LogP contribution in [0.4, 0.5) is 0 Å². The van der Waals surface area contributed by atoms with Crippen LogP contribution in [0, 0.1) is 5.92 Å². The molecule has 1 N–H and O–H groups in total. The van der Waals surface area contributed by atoms with Crippen LogP contribution in [0.3, 0.4) is 0 Å². The van der Waals surface area contributed by atoms with Gasteiger partial charge in [-0.3, -0.25) is 9.48 Å². The van der Waals surface area contributed by atoms with E-state index in [4.69, 9.17) is 4.74 Å². The van der Waals surface area contributed by atoms with E-state index in [9.17, 15) is 4.79 Å². The summed E-state index contributed by atoms with van der Waals surface area (Å²) in [7, 11) is 0. The molecule has 1 aliphatic heterocycles. The van der Waals surface area contributed by atoms with Gasteiger partial charge in [0.1, 0.15) is 6.10 Å². The quantitative estimate of drug-likeness (QED) is 0.922. The minimum absolute atomic E-state index is 0.0323. The molecule has 118 valence electrons. The number of amides is 1. The SMILES string of the molecule is CCn1nccc1[C@@H]1OCC[C@H]1C(=O)N[C@@H](C)c1cccs1. The smallest absolute Gasteiger partial charge is 0.226 e. The van der Waals surface area contributed by atoms with Crippen molar-refractivity contribution < 1.29 is 9.53 Å². The molecule has 6 heteroatoms. The number of thiophene rings is 1. The first-order valence-electron chi connectivity index (χ1n) is 7.67. The number of ether oxygens (including phenoxy) is 1. The first-order chi connectivity index (χ1) is 10.7. The van der Waals surface area contributed by atoms with Gasteiger partial charge in [-0.2, -0.15) is 5.10 Å². The van der Waals surface area contributed by atoms with Crippen molar-refractivity contribution in [3.8, 4) is 0 Å². The van der Waals surface area contributed by atoms with Gasteiger partial charge in [0.15, 0.2) is 0 Å². The van der Waals surface area contributed by atoms with Gasteiger partial charge >= 0.3 is 0 Å². The number of aromatic nitrogens is 2. The number of hydrogen-bond donors (Lipinski definition) is 1. The molecule has 1 amide bonds. The highest BCUT2D eigenvalue weighted by atomic mass is 32.1. The van der Waals surface area contributed by atoms with Crippen molar-refractivity contribution in [2.24, 2.45) is 5.92 Å². The summed E-state index contributed by atoms with van der Waals surface area (Å²) in [5.41, 5.74) is 0.990. The summed E-state index contributed by atoms with van der Waals surface area (Å²) in [6.45, 7) is 5.46. The number of hydrogen-bond acceptors (Lipinski definition) is 4. The fourth-order valence-corrected chi connectivity index (χ4v) is 3.66. The highest BCUT2D eigenvalue weighted by Gasteiger charge is 2.37. The van der Waals surface area contributed by atoms with Crippen LogP contribution in [0.25, 0.3) is 0 Å². The summed E-state index contributed by atoms with van der Waals surface area (Å²) in [6, 6.07) is 6.03. The predicted molar refractivity (Wildman–Crippen MR) is 85.6 cm³/mol. The monoisotopic (exact) mass is 319 g/mol. The highest BCUT2D eigenvalue weighted by Crippen LogP contribution is 2.35. The number of rotatable bonds is 5. The largest absolute Gasteiger partial charge is 0.371 e. The van der Waals surface area contributed by atoms with E-state index < -0.39 is 0 Å². The van der Waals surface area contributed by atoms with Gasteiger partial charge in [-0.05, 0) is 37.8 Å². The molecule has 0 bridgehead atoms. The van der Waals surface area contributed by atoms with Crippen molar-refractivity contribution in [3.05, 3.63) is 40.3 Å². The molecule has 0 radical (unpaired) electrons. The zero-order valence-corrected chi connectivity index (χ0v) is 13.7. The Kier molecular flexibility index (Phi) is 4.59. The van der Waals surface area contributed by atoms with Crippen molar-refractivity contribution in [2.75, 3.05) is 6.61 Å². The van der Waals surface area contributed by atoms with Gasteiger partial charge in [0.25, 0.3) is 0 Å². The lowest BCUT2D eigenvalue weighted by atomic mass is 9.97. The number of aryl methyl sites for hydroxylation is 1. The standard InChI is InChI=1S/C16H21N3O2S/c1-3-19-13(6-8-17-19)15-12(7-9-21-15)16(20)18-11(2)14-5-4-10-22-14/h4-6,8,10-12,15H,3,7,9H2,1-2H3,(H,18,20)/t11-,12+,15+/m0/s1. The van der Waals surface area contributed by atoms with E-state index in [0.29, 0.717) is 6.61 Å². The Morgan fingerprint density at radius 1 is 1.59 bits per heavy atom. The summed E-state index contributed by atoms with van der Waals surface area (Å²) in [6.07, 6.45) is 2.32. The molecular formula is C16H21N3O2S. The molecule has 0 spiro atoms. The fourth-order valence-electron chi connectivity index (χ4n) is 2.93. The second kappa shape index (κ2) is 6.62. The molecule has 0 aromatic carbocycles. The Balaban J connectivity index is 1.71. The molecule has 3 heterocycles. The van der Waals surface area contributed by atoms with Crippen LogP contribution in [0.5, 0.6) is 0 Å². The lowest BCUT2D eigenvalue weighted by molar-refractivity contribution is -0.127. The minimum atomic E-state index is -0.196. The maximum atomic E-state index is 12.6. The number of carbonyl (C=O) groups excluding carboxylic acids is 1. The fraction of sp³-hybridized carbons (Fsp3) is 0.500. The average Bonchev–Trinajstić information content (AvgIpc) is 3.25. The average molecular weight is 319 g/mol. The summed E-state index contributed by atoms with van der Waals surface area (Å²) in [5.74, 6) is -0.0864. The van der Waals surface area contributed by atoms with Crippen molar-refractivity contribution in [1.82, 2.24) is 15.1 Å². The molecule has 2 aromatic rings. The van der Waals surface area contributed by atoms with Crippen LogP contribution in [0.2, 0.25) is 0 Å². The Morgan fingerprint density at radius 3 is 3.18 bits per heavy atom. The van der Waals surface area contributed by atoms with E-state index in [2.05, 4.69) is 10.4 Å². The Hall–Kier alpha value is -1.66. The second-order valence-electron chi connectivity index (χ2n) is 5.50. The van der Waals surface area contributed by atoms with Crippen molar-refractivity contribution in [2.45, 2.75) is 39.0 Å². The first-order valence-corrected chi connectivity index (χ1v) is 8.55. The molecule has 1 fully saturated rings. The first kappa shape index (κ1) is 15.2. The van der Waals surface area contributed by atoms with Crippen molar-refractivity contribution in [1.29, 1.82) is 0 Å². The van der Waals surface area contributed by atoms with E-state index >= 15 is 0 Å². The van der Waals surface area contributed by atoms with Crippen LogP contribution < -0.4 is 5.32 Å². The third-order valence-corrected chi connectivity index (χ3v) is 5.15. The van der Waals surface area contributed by atoms with Crippen LogP contribution in [-0.4, -0.2) is 22.3 Å². The van der Waals surface area contributed by atoms with Crippen LogP contribution in [-0.2, 0) is 16.1 Å². The summed E-state index contributed by atoms with van der Waals surface area (Å²) >= 11 is 1.66. The Morgan fingerprint density at radius 2 is 2.45 bits per heavy atom. The van der Waals surface area contributed by atoms with Crippen molar-refractivity contribution in [3.63, 3.8) is 0 Å². The molecule has 5 nitrogen and oxygen atoms in total. The van der Waals surface area contributed by atoms with E-state index in [-0.39, 0.29) is 24.0 Å². The van der Waals surface area contributed by atoms with E-state index in [1.54, 1.807) is 17.5 Å². The summed E-state index contributed by atoms with van der Waals surface area (Å²) in [5, 5.41) is 9.42. The van der Waals surface area contributed by atoms with E-state index in [1.807, 2.05) is 42.1 Å². The highest BCUT2D eigenvalue weighted by molar-refractivity contribution is 7.10. The normalized spacial score (nSPS) is 22.6. The lowest BCUT2D eigenvalue weighted by Gasteiger charge is -2.21. The van der Waals surface area contributed by atoms with Gasteiger partial charge in [0.2, 0.25) is 5.91 Å². The van der Waals surface area contributed by atoms with Crippen LogP contribution in [0.15, 0.2) is 29.8 Å². The molecule has 0 saturated carbocycles. The Bertz CT molecular complexity index is 623. The molecule has 0 unspecified atom stereocenters. The van der Waals surface area contributed by atoms with Gasteiger partial charge in [-0.15, -0.1) is 11.3 Å². The molecule has 3 rings (SSSR count). The number of nitrogens with zero attached hydrogens (tertiary/aromatic N) is 2. The van der Waals surface area contributed by atoms with Gasteiger partial charge in [0.05, 0.1) is 17.7 Å². The van der Waals surface area contributed by atoms with Crippen molar-refractivity contribution >= 4 is 17.2 Å². The molecule has 22 heavy (non-hydrogen) atoms. The maximum Gasteiger partial charge on any atom is 0.226 e. The van der Waals surface area contributed by atoms with E-state index in [1.165, 1.54) is 4.88 Å². The molecular weight excluding hydrogens is 298 g/mol. The molecule has 1 saturated heterocycles. The zero-order chi connectivity index (χ0) is 15.5. The number of nitrogens with one attached hydrogen (secondary N) is 1. The lowest BCUT2D eigenvalue weighted by Crippen LogP contribution is -2.34. The molecule has 1 aliphatic rings. The van der Waals surface area contributed by atoms with Crippen LogP contribution >= 0.6 is 11.3 Å². The maximum absolute atomic E-state index is 12.6. The summed E-state index contributed by atoms with van der Waals surface area (Å²) < 4.78 is 7.73. The zero-order valence-electron chi connectivity index (χ0n) is 12.9. The molecule has 2 aromatic heterocycles. The van der Waals surface area contributed by atoms with Gasteiger partial charge < -0.3 is 10.1 Å². The second-order valence-corrected chi connectivity index (χ2v) is 6.48.